The van der Waals surface area contributed by atoms with Gasteiger partial charge in [0, 0.05) is 5.57 Å². The highest BCUT2D eigenvalue weighted by Crippen LogP contribution is 2.28. The second-order valence-electron chi connectivity index (χ2n) is 4.15. The van der Waals surface area contributed by atoms with Gasteiger partial charge in [-0.05, 0) is 19.4 Å². The number of esters is 1. The van der Waals surface area contributed by atoms with Crippen LogP contribution in [0.1, 0.15) is 19.4 Å². The van der Waals surface area contributed by atoms with Crippen LogP contribution in [0.25, 0.3) is 5.57 Å². The zero-order valence-electron chi connectivity index (χ0n) is 10.1. The van der Waals surface area contributed by atoms with E-state index in [1.54, 1.807) is 6.92 Å². The van der Waals surface area contributed by atoms with E-state index in [1.807, 2.05) is 30.3 Å². The maximum Gasteiger partial charge on any atom is 0.330 e. The first-order chi connectivity index (χ1) is 8.52. The Morgan fingerprint density at radius 1 is 1.11 bits per heavy atom. The number of cyclic esters (lactones) is 1. The lowest BCUT2D eigenvalue weighted by Gasteiger charge is -2.03. The Morgan fingerprint density at radius 3 is 2.22 bits per heavy atom. The molecule has 0 saturated carbocycles. The van der Waals surface area contributed by atoms with Crippen LogP contribution in [-0.2, 0) is 19.1 Å². The predicted molar refractivity (Wildman–Crippen MR) is 64.3 cm³/mol. The van der Waals surface area contributed by atoms with Crippen LogP contribution in [0.4, 0.5) is 0 Å². The summed E-state index contributed by atoms with van der Waals surface area (Å²) < 4.78 is 4.93. The Kier molecular flexibility index (Phi) is 3.10. The first-order valence-corrected chi connectivity index (χ1v) is 5.55. The van der Waals surface area contributed by atoms with Gasteiger partial charge in [-0.15, -0.1) is 0 Å². The maximum atomic E-state index is 11.9. The largest absolute Gasteiger partial charge is 0.421 e. The molecule has 18 heavy (non-hydrogen) atoms. The Hall–Kier alpha value is -2.23. The summed E-state index contributed by atoms with van der Waals surface area (Å²) in [7, 11) is 0. The summed E-state index contributed by atoms with van der Waals surface area (Å²) in [5.41, 5.74) is 1.36. The number of rotatable bonds is 2. The average Bonchev–Trinajstić information content (AvgIpc) is 2.65. The van der Waals surface area contributed by atoms with Crippen molar-refractivity contribution < 1.29 is 19.1 Å². The van der Waals surface area contributed by atoms with Crippen molar-refractivity contribution in [2.75, 3.05) is 0 Å². The van der Waals surface area contributed by atoms with E-state index in [0.29, 0.717) is 5.57 Å². The van der Waals surface area contributed by atoms with Crippen molar-refractivity contribution in [2.45, 2.75) is 13.8 Å². The van der Waals surface area contributed by atoms with Gasteiger partial charge >= 0.3 is 5.97 Å². The minimum Gasteiger partial charge on any atom is -0.421 e. The van der Waals surface area contributed by atoms with Gasteiger partial charge in [0.25, 0.3) is 0 Å². The Bertz CT molecular complexity index is 554. The lowest BCUT2D eigenvalue weighted by Crippen LogP contribution is -2.22. The van der Waals surface area contributed by atoms with Crippen LogP contribution in [0.3, 0.4) is 0 Å². The summed E-state index contributed by atoms with van der Waals surface area (Å²) in [5, 5.41) is 0. The second-order valence-corrected chi connectivity index (χ2v) is 4.15. The molecule has 1 aliphatic heterocycles. The molecule has 1 unspecified atom stereocenters. The van der Waals surface area contributed by atoms with Gasteiger partial charge in [0.2, 0.25) is 5.78 Å². The van der Waals surface area contributed by atoms with Crippen LogP contribution in [0.5, 0.6) is 0 Å². The number of allylic oxidation sites excluding steroid dienone is 2. The molecular formula is C14H12O4. The lowest BCUT2D eigenvalue weighted by molar-refractivity contribution is -0.143. The number of ether oxygens (including phenoxy) is 1. The summed E-state index contributed by atoms with van der Waals surface area (Å²) in [4.78, 5) is 34.6. The van der Waals surface area contributed by atoms with Gasteiger partial charge in [-0.3, -0.25) is 14.4 Å². The summed E-state index contributed by atoms with van der Waals surface area (Å²) in [6.07, 6.45) is 0. The highest BCUT2D eigenvalue weighted by atomic mass is 16.6. The number of benzene rings is 1. The van der Waals surface area contributed by atoms with Gasteiger partial charge in [-0.1, -0.05) is 30.3 Å². The van der Waals surface area contributed by atoms with E-state index in [-0.39, 0.29) is 5.76 Å². The molecule has 2 rings (SSSR count). The molecule has 1 aliphatic rings. The van der Waals surface area contributed by atoms with Crippen molar-refractivity contribution in [3.8, 4) is 0 Å². The van der Waals surface area contributed by atoms with E-state index in [4.69, 9.17) is 4.74 Å². The number of hydrogen-bond donors (Lipinski definition) is 0. The highest BCUT2D eigenvalue weighted by molar-refractivity contribution is 6.27. The van der Waals surface area contributed by atoms with Crippen LogP contribution in [0.15, 0.2) is 36.1 Å². The van der Waals surface area contributed by atoms with Crippen LogP contribution >= 0.6 is 0 Å². The van der Waals surface area contributed by atoms with Gasteiger partial charge in [0.1, 0.15) is 0 Å². The number of ketones is 2. The molecule has 0 bridgehead atoms. The highest BCUT2D eigenvalue weighted by Gasteiger charge is 2.44. The summed E-state index contributed by atoms with van der Waals surface area (Å²) in [6.45, 7) is 2.91. The molecule has 92 valence electrons. The molecule has 0 N–H and O–H groups in total. The molecule has 0 aromatic heterocycles. The minimum atomic E-state index is -1.29. The number of carbonyl (C=O) groups is 3. The van der Waals surface area contributed by atoms with E-state index in [1.165, 1.54) is 6.92 Å². The molecule has 0 spiro atoms. The zero-order chi connectivity index (χ0) is 13.3. The van der Waals surface area contributed by atoms with E-state index in [9.17, 15) is 14.4 Å². The second kappa shape index (κ2) is 4.56. The minimum absolute atomic E-state index is 0.0219. The van der Waals surface area contributed by atoms with Crippen molar-refractivity contribution in [3.05, 3.63) is 41.7 Å². The van der Waals surface area contributed by atoms with Crippen LogP contribution in [0.2, 0.25) is 0 Å². The fourth-order valence-electron chi connectivity index (χ4n) is 1.88. The van der Waals surface area contributed by atoms with Crippen molar-refractivity contribution in [1.82, 2.24) is 0 Å². The number of hydrogen-bond acceptors (Lipinski definition) is 4. The first kappa shape index (κ1) is 12.2. The third-order valence-corrected chi connectivity index (χ3v) is 2.88. The topological polar surface area (TPSA) is 60.4 Å². The molecule has 1 aromatic carbocycles. The monoisotopic (exact) mass is 244 g/mol. The Labute approximate surface area is 104 Å². The fourth-order valence-corrected chi connectivity index (χ4v) is 1.88. The summed E-state index contributed by atoms with van der Waals surface area (Å²) in [6, 6.07) is 9.11. The molecule has 1 fully saturated rings. The van der Waals surface area contributed by atoms with Crippen molar-refractivity contribution in [3.63, 3.8) is 0 Å². The predicted octanol–water partition coefficient (Wildman–Crippen LogP) is 1.75. The third-order valence-electron chi connectivity index (χ3n) is 2.88. The lowest BCUT2D eigenvalue weighted by atomic mass is 9.98. The van der Waals surface area contributed by atoms with E-state index in [2.05, 4.69) is 0 Å². The van der Waals surface area contributed by atoms with E-state index in [0.717, 1.165) is 5.56 Å². The van der Waals surface area contributed by atoms with Gasteiger partial charge in [0.05, 0.1) is 0 Å². The molecule has 0 aliphatic carbocycles. The van der Waals surface area contributed by atoms with Crippen molar-refractivity contribution in [2.24, 2.45) is 5.92 Å². The van der Waals surface area contributed by atoms with Gasteiger partial charge in [-0.25, -0.2) is 0 Å². The maximum absolute atomic E-state index is 11.9. The SMILES string of the molecule is CC(=O)C1C(=O)O/C(=C(/C)c2ccccc2)C1=O. The van der Waals surface area contributed by atoms with Crippen molar-refractivity contribution >= 4 is 23.1 Å². The smallest absolute Gasteiger partial charge is 0.330 e. The molecule has 0 amide bonds. The van der Waals surface area contributed by atoms with Gasteiger partial charge in [-0.2, -0.15) is 0 Å². The quantitative estimate of drug-likeness (QED) is 0.451. The average molecular weight is 244 g/mol. The third kappa shape index (κ3) is 1.97. The molecule has 1 saturated heterocycles. The molecule has 1 aromatic rings. The molecule has 1 heterocycles. The van der Waals surface area contributed by atoms with Crippen LogP contribution in [0, 0.1) is 5.92 Å². The zero-order valence-corrected chi connectivity index (χ0v) is 10.1. The number of Topliss-reactive ketones (excluding diaryl/α,β-unsaturated/α-hetero) is 2. The molecule has 4 heteroatoms. The molecule has 0 radical (unpaired) electrons. The standard InChI is InChI=1S/C14H12O4/c1-8(10-6-4-3-5-7-10)13-12(16)11(9(2)15)14(17)18-13/h3-7,11H,1-2H3/b13-8-. The van der Waals surface area contributed by atoms with E-state index >= 15 is 0 Å². The van der Waals surface area contributed by atoms with Gasteiger partial charge < -0.3 is 4.74 Å². The summed E-state index contributed by atoms with van der Waals surface area (Å²) in [5.74, 6) is -3.13. The Balaban J connectivity index is 2.44. The normalized spacial score (nSPS) is 21.8. The molecule has 4 nitrogen and oxygen atoms in total. The Morgan fingerprint density at radius 2 is 1.72 bits per heavy atom. The number of carbonyl (C=O) groups excluding carboxylic acids is 3. The molecular weight excluding hydrogens is 232 g/mol. The summed E-state index contributed by atoms with van der Waals surface area (Å²) >= 11 is 0. The van der Waals surface area contributed by atoms with Gasteiger partial charge in [0.15, 0.2) is 17.5 Å². The first-order valence-electron chi connectivity index (χ1n) is 5.55. The van der Waals surface area contributed by atoms with Crippen molar-refractivity contribution in [1.29, 1.82) is 0 Å². The van der Waals surface area contributed by atoms with Crippen LogP contribution in [-0.4, -0.2) is 17.5 Å². The fraction of sp³-hybridized carbons (Fsp3) is 0.214. The van der Waals surface area contributed by atoms with E-state index < -0.39 is 23.5 Å². The van der Waals surface area contributed by atoms with Crippen LogP contribution < -0.4 is 0 Å². The molecule has 1 atom stereocenters.